The van der Waals surface area contributed by atoms with Crippen LogP contribution in [0.15, 0.2) is 16.3 Å². The average molecular weight is 291 g/mol. The van der Waals surface area contributed by atoms with Crippen molar-refractivity contribution in [2.45, 2.75) is 37.6 Å². The Hall–Kier alpha value is -0.920. The molecule has 1 rings (SSSR count). The second-order valence-electron chi connectivity index (χ2n) is 3.74. The first kappa shape index (κ1) is 15.1. The average Bonchev–Trinajstić information content (AvgIpc) is 2.85. The summed E-state index contributed by atoms with van der Waals surface area (Å²) in [6.45, 7) is 3.82. The maximum Gasteiger partial charge on any atom is 0.349 e. The molecule has 0 atom stereocenters. The van der Waals surface area contributed by atoms with Gasteiger partial charge in [-0.25, -0.2) is 17.9 Å². The Labute approximate surface area is 111 Å². The van der Waals surface area contributed by atoms with Gasteiger partial charge in [-0.3, -0.25) is 0 Å². The number of methoxy groups -OCH3 is 1. The van der Waals surface area contributed by atoms with Crippen LogP contribution in [0.2, 0.25) is 0 Å². The molecule has 0 unspecified atom stereocenters. The summed E-state index contributed by atoms with van der Waals surface area (Å²) in [4.78, 5) is 11.6. The lowest BCUT2D eigenvalue weighted by Gasteiger charge is -2.14. The molecule has 1 heterocycles. The molecule has 7 heteroatoms. The summed E-state index contributed by atoms with van der Waals surface area (Å²) in [7, 11) is -2.44. The van der Waals surface area contributed by atoms with Crippen LogP contribution in [0.25, 0.3) is 0 Å². The zero-order chi connectivity index (χ0) is 13.8. The molecule has 0 spiro atoms. The number of rotatable bonds is 6. The van der Waals surface area contributed by atoms with E-state index in [0.717, 1.165) is 11.3 Å². The van der Waals surface area contributed by atoms with Crippen molar-refractivity contribution < 1.29 is 17.9 Å². The standard InChI is InChI=1S/C11H17NO4S2/c1-4-8(5-2)12-18(14,15)9-6-7-17-10(9)11(13)16-3/h6-8,12H,4-5H2,1-3H3. The van der Waals surface area contributed by atoms with Gasteiger partial charge in [-0.05, 0) is 24.3 Å². The minimum Gasteiger partial charge on any atom is -0.465 e. The number of carbonyl (C=O) groups is 1. The number of esters is 1. The van der Waals surface area contributed by atoms with Gasteiger partial charge in [0.05, 0.1) is 7.11 Å². The second-order valence-corrected chi connectivity index (χ2v) is 6.34. The molecule has 0 aliphatic heterocycles. The number of hydrogen-bond donors (Lipinski definition) is 1. The van der Waals surface area contributed by atoms with Crippen LogP contribution in [0.5, 0.6) is 0 Å². The summed E-state index contributed by atoms with van der Waals surface area (Å²) in [6, 6.07) is 1.29. The molecule has 0 amide bonds. The number of thiophene rings is 1. The molecule has 0 saturated carbocycles. The van der Waals surface area contributed by atoms with Gasteiger partial charge in [0.1, 0.15) is 9.77 Å². The third-order valence-electron chi connectivity index (χ3n) is 2.60. The zero-order valence-corrected chi connectivity index (χ0v) is 12.2. The second kappa shape index (κ2) is 6.31. The highest BCUT2D eigenvalue weighted by Crippen LogP contribution is 2.23. The molecule has 0 bridgehead atoms. The van der Waals surface area contributed by atoms with Gasteiger partial charge in [-0.1, -0.05) is 13.8 Å². The first-order chi connectivity index (χ1) is 8.46. The first-order valence-electron chi connectivity index (χ1n) is 5.64. The summed E-state index contributed by atoms with van der Waals surface area (Å²) >= 11 is 1.06. The maximum atomic E-state index is 12.2. The van der Waals surface area contributed by atoms with E-state index in [2.05, 4.69) is 9.46 Å². The largest absolute Gasteiger partial charge is 0.465 e. The molecule has 0 radical (unpaired) electrons. The fraction of sp³-hybridized carbons (Fsp3) is 0.545. The zero-order valence-electron chi connectivity index (χ0n) is 10.6. The van der Waals surface area contributed by atoms with E-state index in [4.69, 9.17) is 0 Å². The summed E-state index contributed by atoms with van der Waals surface area (Å²) in [5, 5.41) is 1.56. The van der Waals surface area contributed by atoms with Crippen molar-refractivity contribution in [3.63, 3.8) is 0 Å². The monoisotopic (exact) mass is 291 g/mol. The normalized spacial score (nSPS) is 11.8. The van der Waals surface area contributed by atoms with Crippen LogP contribution in [-0.4, -0.2) is 27.5 Å². The van der Waals surface area contributed by atoms with Gasteiger partial charge < -0.3 is 4.74 Å². The Balaban J connectivity index is 3.06. The number of sulfonamides is 1. The third kappa shape index (κ3) is 3.30. The number of ether oxygens (including phenoxy) is 1. The lowest BCUT2D eigenvalue weighted by Crippen LogP contribution is -2.34. The maximum absolute atomic E-state index is 12.2. The van der Waals surface area contributed by atoms with E-state index in [1.165, 1.54) is 13.2 Å². The minimum atomic E-state index is -3.67. The van der Waals surface area contributed by atoms with Crippen LogP contribution in [0, 0.1) is 0 Å². The van der Waals surface area contributed by atoms with E-state index in [9.17, 15) is 13.2 Å². The molecule has 0 aliphatic carbocycles. The lowest BCUT2D eigenvalue weighted by atomic mass is 10.2. The molecule has 0 aromatic carbocycles. The SMILES string of the molecule is CCC(CC)NS(=O)(=O)c1ccsc1C(=O)OC. The predicted molar refractivity (Wildman–Crippen MR) is 70.4 cm³/mol. The van der Waals surface area contributed by atoms with Gasteiger partial charge in [0.2, 0.25) is 10.0 Å². The van der Waals surface area contributed by atoms with Crippen molar-refractivity contribution in [1.82, 2.24) is 4.72 Å². The highest BCUT2D eigenvalue weighted by Gasteiger charge is 2.26. The number of nitrogens with one attached hydrogen (secondary N) is 1. The molecule has 1 aromatic rings. The van der Waals surface area contributed by atoms with Crippen molar-refractivity contribution in [2.24, 2.45) is 0 Å². The van der Waals surface area contributed by atoms with Crippen molar-refractivity contribution in [3.05, 3.63) is 16.3 Å². The van der Waals surface area contributed by atoms with Crippen LogP contribution in [0.1, 0.15) is 36.4 Å². The third-order valence-corrected chi connectivity index (χ3v) is 5.18. The molecule has 18 heavy (non-hydrogen) atoms. The molecule has 0 aliphatic rings. The van der Waals surface area contributed by atoms with Crippen LogP contribution in [0.4, 0.5) is 0 Å². The van der Waals surface area contributed by atoms with Crippen LogP contribution >= 0.6 is 11.3 Å². The van der Waals surface area contributed by atoms with Crippen molar-refractivity contribution in [3.8, 4) is 0 Å². The van der Waals surface area contributed by atoms with Gasteiger partial charge in [0.25, 0.3) is 0 Å². The molecule has 102 valence electrons. The molecule has 1 N–H and O–H groups in total. The first-order valence-corrected chi connectivity index (χ1v) is 8.00. The smallest absolute Gasteiger partial charge is 0.349 e. The topological polar surface area (TPSA) is 72.5 Å². The van der Waals surface area contributed by atoms with E-state index in [0.29, 0.717) is 12.8 Å². The van der Waals surface area contributed by atoms with Gasteiger partial charge >= 0.3 is 5.97 Å². The Morgan fingerprint density at radius 1 is 1.44 bits per heavy atom. The van der Waals surface area contributed by atoms with Crippen molar-refractivity contribution >= 4 is 27.3 Å². The van der Waals surface area contributed by atoms with E-state index in [-0.39, 0.29) is 15.8 Å². The highest BCUT2D eigenvalue weighted by atomic mass is 32.2. The van der Waals surface area contributed by atoms with E-state index in [1.54, 1.807) is 5.38 Å². The summed E-state index contributed by atoms with van der Waals surface area (Å²) in [5.41, 5.74) is 0. The van der Waals surface area contributed by atoms with Gasteiger partial charge in [0, 0.05) is 6.04 Å². The van der Waals surface area contributed by atoms with Gasteiger partial charge in [-0.2, -0.15) is 0 Å². The minimum absolute atomic E-state index is 0.00810. The Morgan fingerprint density at radius 2 is 2.06 bits per heavy atom. The summed E-state index contributed by atoms with van der Waals surface area (Å²) in [5.74, 6) is -0.630. The molecule has 1 aromatic heterocycles. The highest BCUT2D eigenvalue weighted by molar-refractivity contribution is 7.89. The number of carbonyl (C=O) groups excluding carboxylic acids is 1. The molecule has 0 saturated heterocycles. The Morgan fingerprint density at radius 3 is 2.56 bits per heavy atom. The van der Waals surface area contributed by atoms with Crippen LogP contribution < -0.4 is 4.72 Å². The molecular formula is C11H17NO4S2. The number of hydrogen-bond acceptors (Lipinski definition) is 5. The van der Waals surface area contributed by atoms with Crippen molar-refractivity contribution in [2.75, 3.05) is 7.11 Å². The summed E-state index contributed by atoms with van der Waals surface area (Å²) in [6.07, 6.45) is 1.40. The van der Waals surface area contributed by atoms with Crippen LogP contribution in [-0.2, 0) is 14.8 Å². The van der Waals surface area contributed by atoms with Gasteiger partial charge in [0.15, 0.2) is 0 Å². The van der Waals surface area contributed by atoms with E-state index in [1.807, 2.05) is 13.8 Å². The molecular weight excluding hydrogens is 274 g/mol. The van der Waals surface area contributed by atoms with E-state index >= 15 is 0 Å². The predicted octanol–water partition coefficient (Wildman–Crippen LogP) is 2.00. The quantitative estimate of drug-likeness (QED) is 0.814. The van der Waals surface area contributed by atoms with Crippen LogP contribution in [0.3, 0.4) is 0 Å². The molecule has 5 nitrogen and oxygen atoms in total. The fourth-order valence-electron chi connectivity index (χ4n) is 1.49. The Bertz CT molecular complexity index is 503. The summed E-state index contributed by atoms with van der Waals surface area (Å²) < 4.78 is 31.5. The van der Waals surface area contributed by atoms with E-state index < -0.39 is 16.0 Å². The van der Waals surface area contributed by atoms with Crippen molar-refractivity contribution in [1.29, 1.82) is 0 Å². The Kier molecular flexibility index (Phi) is 5.30. The molecule has 0 fully saturated rings. The van der Waals surface area contributed by atoms with Gasteiger partial charge in [-0.15, -0.1) is 11.3 Å². The fourth-order valence-corrected chi connectivity index (χ4v) is 4.23. The lowest BCUT2D eigenvalue weighted by molar-refractivity contribution is 0.0602.